The van der Waals surface area contributed by atoms with Crippen LogP contribution in [0.1, 0.15) is 30.4 Å². The van der Waals surface area contributed by atoms with Crippen LogP contribution >= 0.6 is 0 Å². The molecule has 196 valence electrons. The van der Waals surface area contributed by atoms with Gasteiger partial charge in [-0.25, -0.2) is 13.8 Å². The zero-order chi connectivity index (χ0) is 26.2. The average molecular weight is 512 g/mol. The predicted molar refractivity (Wildman–Crippen MR) is 138 cm³/mol. The van der Waals surface area contributed by atoms with E-state index >= 15 is 0 Å². The Balaban J connectivity index is 1.41. The molecule has 3 aromatic rings. The Kier molecular flexibility index (Phi) is 9.29. The van der Waals surface area contributed by atoms with Crippen molar-refractivity contribution in [2.75, 3.05) is 20.3 Å². The van der Waals surface area contributed by atoms with Crippen molar-refractivity contribution < 1.29 is 28.5 Å². The summed E-state index contributed by atoms with van der Waals surface area (Å²) in [7, 11) is 1.57. The summed E-state index contributed by atoms with van der Waals surface area (Å²) in [5, 5.41) is 22.8. The van der Waals surface area contributed by atoms with E-state index in [-0.39, 0.29) is 36.8 Å². The molecule has 0 amide bonds. The van der Waals surface area contributed by atoms with E-state index in [0.717, 1.165) is 47.6 Å². The summed E-state index contributed by atoms with van der Waals surface area (Å²) in [6, 6.07) is 8.73. The Hall–Kier alpha value is -3.24. The molecule has 0 spiro atoms. The highest BCUT2D eigenvalue weighted by Gasteiger charge is 2.31. The number of rotatable bonds is 10. The highest BCUT2D eigenvalue weighted by atomic mass is 19.1. The van der Waals surface area contributed by atoms with Crippen LogP contribution in [0.25, 0.3) is 23.2 Å². The molecule has 7 nitrogen and oxygen atoms in total. The summed E-state index contributed by atoms with van der Waals surface area (Å²) in [4.78, 5) is 8.86. The van der Waals surface area contributed by atoms with Gasteiger partial charge in [-0.15, -0.1) is 0 Å². The molecule has 4 atom stereocenters. The molecule has 1 aliphatic heterocycles. The summed E-state index contributed by atoms with van der Waals surface area (Å²) < 4.78 is 38.7. The van der Waals surface area contributed by atoms with E-state index in [4.69, 9.17) is 9.47 Å². The van der Waals surface area contributed by atoms with Crippen LogP contribution in [-0.4, -0.2) is 64.8 Å². The summed E-state index contributed by atoms with van der Waals surface area (Å²) in [5.74, 6) is -0.486. The lowest BCUT2D eigenvalue weighted by molar-refractivity contribution is -0.0714. The van der Waals surface area contributed by atoms with E-state index in [1.165, 1.54) is 6.08 Å². The van der Waals surface area contributed by atoms with E-state index in [1.807, 2.05) is 24.3 Å². The van der Waals surface area contributed by atoms with Crippen molar-refractivity contribution in [3.05, 3.63) is 77.5 Å². The van der Waals surface area contributed by atoms with Crippen molar-refractivity contribution in [2.24, 2.45) is 0 Å². The van der Waals surface area contributed by atoms with E-state index in [0.29, 0.717) is 12.4 Å². The molecule has 3 heterocycles. The van der Waals surface area contributed by atoms with Crippen LogP contribution in [0.15, 0.2) is 54.7 Å². The smallest absolute Gasteiger partial charge is 0.213 e. The molecule has 9 heteroatoms. The molecule has 37 heavy (non-hydrogen) atoms. The molecular weight excluding hydrogens is 480 g/mol. The Bertz CT molecular complexity index is 1250. The molecule has 2 aromatic heterocycles. The zero-order valence-electron chi connectivity index (χ0n) is 20.6. The minimum absolute atomic E-state index is 0.0828. The Morgan fingerprint density at radius 1 is 1.16 bits per heavy atom. The van der Waals surface area contributed by atoms with E-state index in [2.05, 4.69) is 15.3 Å². The number of methoxy groups -OCH3 is 1. The first-order chi connectivity index (χ1) is 18.0. The maximum Gasteiger partial charge on any atom is 0.213 e. The zero-order valence-corrected chi connectivity index (χ0v) is 20.6. The molecule has 1 fully saturated rings. The Morgan fingerprint density at radius 3 is 2.84 bits per heavy atom. The van der Waals surface area contributed by atoms with Gasteiger partial charge in [0.25, 0.3) is 0 Å². The van der Waals surface area contributed by atoms with E-state index in [1.54, 1.807) is 25.4 Å². The summed E-state index contributed by atoms with van der Waals surface area (Å²) in [6.45, 7) is 0.0507. The molecule has 4 rings (SSSR count). The van der Waals surface area contributed by atoms with Gasteiger partial charge < -0.3 is 25.0 Å². The third-order valence-electron chi connectivity index (χ3n) is 6.32. The first-order valence-corrected chi connectivity index (χ1v) is 12.2. The number of nitrogens with one attached hydrogen (secondary N) is 1. The molecule has 1 saturated heterocycles. The number of ether oxygens (including phenoxy) is 2. The fourth-order valence-electron chi connectivity index (χ4n) is 4.39. The van der Waals surface area contributed by atoms with Crippen molar-refractivity contribution in [1.29, 1.82) is 0 Å². The minimum atomic E-state index is -0.908. The number of benzene rings is 1. The third kappa shape index (κ3) is 7.17. The topological polar surface area (TPSA) is 96.7 Å². The lowest BCUT2D eigenvalue weighted by Gasteiger charge is -2.37. The highest BCUT2D eigenvalue weighted by molar-refractivity contribution is 5.84. The van der Waals surface area contributed by atoms with Gasteiger partial charge in [0.05, 0.1) is 43.1 Å². The third-order valence-corrected chi connectivity index (χ3v) is 6.32. The maximum atomic E-state index is 13.8. The first-order valence-electron chi connectivity index (χ1n) is 12.2. The predicted octanol–water partition coefficient (Wildman–Crippen LogP) is 3.89. The van der Waals surface area contributed by atoms with Gasteiger partial charge >= 0.3 is 0 Å². The second kappa shape index (κ2) is 12.8. The van der Waals surface area contributed by atoms with Crippen molar-refractivity contribution >= 4 is 23.2 Å². The summed E-state index contributed by atoms with van der Waals surface area (Å²) in [5.41, 5.74) is 2.54. The molecule has 0 radical (unpaired) electrons. The number of hydrogen-bond donors (Lipinski definition) is 3. The van der Waals surface area contributed by atoms with Crippen LogP contribution < -0.4 is 10.1 Å². The average Bonchev–Trinajstić information content (AvgIpc) is 2.92. The second-order valence-electron chi connectivity index (χ2n) is 8.93. The highest BCUT2D eigenvalue weighted by Crippen LogP contribution is 2.26. The van der Waals surface area contributed by atoms with Gasteiger partial charge in [0.15, 0.2) is 0 Å². The number of aromatic nitrogens is 2. The van der Waals surface area contributed by atoms with Gasteiger partial charge in [0.2, 0.25) is 5.88 Å². The standard InChI is InChI=1S/C28H31F2N3O4/c1-36-27-11-10-25-28(33-27)18(12-14-32-25)4-6-22-7-9-24(26(37-22)16-21(35)17-34)31-13-2-3-19-15-20(29)5-8-23(19)30/h2-6,8,10-12,14-15,21-22,24,26,31,34-35H,7,9,13,16-17H2,1H3/b3-2+,6-4+/t21?,22-,24-,26-/m1/s1. The molecule has 1 aliphatic rings. The largest absolute Gasteiger partial charge is 0.481 e. The second-order valence-corrected chi connectivity index (χ2v) is 8.93. The molecule has 0 saturated carbocycles. The Labute approximate surface area is 214 Å². The number of aliphatic hydroxyl groups excluding tert-OH is 2. The lowest BCUT2D eigenvalue weighted by Crippen LogP contribution is -2.48. The van der Waals surface area contributed by atoms with Gasteiger partial charge in [-0.1, -0.05) is 24.3 Å². The van der Waals surface area contributed by atoms with Crippen LogP contribution in [0.5, 0.6) is 5.88 Å². The van der Waals surface area contributed by atoms with Crippen molar-refractivity contribution in [1.82, 2.24) is 15.3 Å². The number of hydrogen-bond acceptors (Lipinski definition) is 7. The normalized spacial score (nSPS) is 21.2. The number of halogens is 2. The van der Waals surface area contributed by atoms with Crippen molar-refractivity contribution in [3.8, 4) is 5.88 Å². The maximum absolute atomic E-state index is 13.8. The van der Waals surface area contributed by atoms with Crippen LogP contribution in [0.4, 0.5) is 8.78 Å². The van der Waals surface area contributed by atoms with E-state index in [9.17, 15) is 19.0 Å². The summed E-state index contributed by atoms with van der Waals surface area (Å²) in [6.07, 6.45) is 9.21. The Morgan fingerprint density at radius 2 is 2.03 bits per heavy atom. The minimum Gasteiger partial charge on any atom is -0.481 e. The van der Waals surface area contributed by atoms with Crippen LogP contribution in [-0.2, 0) is 4.74 Å². The fraction of sp³-hybridized carbons (Fsp3) is 0.357. The SMILES string of the molecule is COc1ccc2nccc(/C=C/[C@@H]3CC[C@@H](NC/C=C/c4cc(F)ccc4F)[C@@H](CC(O)CO)O3)c2n1. The van der Waals surface area contributed by atoms with Crippen LogP contribution in [0.3, 0.4) is 0 Å². The quantitative estimate of drug-likeness (QED) is 0.380. The van der Waals surface area contributed by atoms with Gasteiger partial charge in [-0.2, -0.15) is 0 Å². The molecule has 0 bridgehead atoms. The molecule has 1 unspecified atom stereocenters. The number of nitrogens with zero attached hydrogens (tertiary/aromatic N) is 2. The van der Waals surface area contributed by atoms with Gasteiger partial charge in [-0.05, 0) is 43.2 Å². The van der Waals surface area contributed by atoms with Gasteiger partial charge in [-0.3, -0.25) is 4.98 Å². The number of pyridine rings is 2. The van der Waals surface area contributed by atoms with Crippen LogP contribution in [0, 0.1) is 11.6 Å². The molecule has 1 aromatic carbocycles. The summed E-state index contributed by atoms with van der Waals surface area (Å²) >= 11 is 0. The molecule has 3 N–H and O–H groups in total. The van der Waals surface area contributed by atoms with Crippen molar-refractivity contribution in [2.45, 2.75) is 43.6 Å². The fourth-order valence-corrected chi connectivity index (χ4v) is 4.39. The van der Waals surface area contributed by atoms with Crippen molar-refractivity contribution in [3.63, 3.8) is 0 Å². The van der Waals surface area contributed by atoms with Gasteiger partial charge in [0, 0.05) is 42.4 Å². The lowest BCUT2D eigenvalue weighted by atomic mass is 9.94. The van der Waals surface area contributed by atoms with Crippen LogP contribution in [0.2, 0.25) is 0 Å². The monoisotopic (exact) mass is 511 g/mol. The van der Waals surface area contributed by atoms with E-state index < -0.39 is 17.7 Å². The number of aliphatic hydroxyl groups is 2. The molecule has 0 aliphatic carbocycles. The first kappa shape index (κ1) is 26.8. The number of fused-ring (bicyclic) bond motifs is 1. The molecular formula is C28H31F2N3O4. The van der Waals surface area contributed by atoms with Gasteiger partial charge in [0.1, 0.15) is 11.6 Å².